The third-order valence-corrected chi connectivity index (χ3v) is 4.64. The highest BCUT2D eigenvalue weighted by atomic mass is 35.5. The molecule has 0 heterocycles. The SMILES string of the molecule is CCNC(CSc1ccccc1Cl)c1ccc(F)cc1F. The predicted molar refractivity (Wildman–Crippen MR) is 85.0 cm³/mol. The highest BCUT2D eigenvalue weighted by Crippen LogP contribution is 2.31. The lowest BCUT2D eigenvalue weighted by atomic mass is 10.1. The molecule has 0 aromatic heterocycles. The molecule has 0 radical (unpaired) electrons. The monoisotopic (exact) mass is 327 g/mol. The maximum absolute atomic E-state index is 13.9. The summed E-state index contributed by atoms with van der Waals surface area (Å²) in [5, 5.41) is 3.90. The fourth-order valence-electron chi connectivity index (χ4n) is 2.02. The van der Waals surface area contributed by atoms with Crippen LogP contribution in [-0.4, -0.2) is 12.3 Å². The molecule has 0 saturated heterocycles. The van der Waals surface area contributed by atoms with Gasteiger partial charge in [-0.15, -0.1) is 11.8 Å². The fourth-order valence-corrected chi connectivity index (χ4v) is 3.35. The highest BCUT2D eigenvalue weighted by molar-refractivity contribution is 7.99. The largest absolute Gasteiger partial charge is 0.309 e. The van der Waals surface area contributed by atoms with Gasteiger partial charge in [0.05, 0.1) is 5.02 Å². The molecule has 0 aliphatic carbocycles. The molecule has 2 aromatic rings. The van der Waals surface area contributed by atoms with Crippen molar-refractivity contribution in [1.29, 1.82) is 0 Å². The Kier molecular flexibility index (Phi) is 6.03. The molecular weight excluding hydrogens is 312 g/mol. The van der Waals surface area contributed by atoms with Crippen molar-refractivity contribution in [3.63, 3.8) is 0 Å². The third-order valence-electron chi connectivity index (χ3n) is 3.03. The Morgan fingerprint density at radius 1 is 1.19 bits per heavy atom. The molecule has 0 spiro atoms. The molecule has 0 aliphatic heterocycles. The Morgan fingerprint density at radius 3 is 2.62 bits per heavy atom. The number of thioether (sulfide) groups is 1. The van der Waals surface area contributed by atoms with Crippen LogP contribution in [0.1, 0.15) is 18.5 Å². The summed E-state index contributed by atoms with van der Waals surface area (Å²) in [6.07, 6.45) is 0. The number of hydrogen-bond acceptors (Lipinski definition) is 2. The van der Waals surface area contributed by atoms with Gasteiger partial charge in [0.15, 0.2) is 0 Å². The van der Waals surface area contributed by atoms with E-state index in [1.807, 2.05) is 31.2 Å². The minimum absolute atomic E-state index is 0.197. The molecule has 0 aliphatic rings. The van der Waals surface area contributed by atoms with Crippen molar-refractivity contribution in [3.8, 4) is 0 Å². The van der Waals surface area contributed by atoms with Gasteiger partial charge in [-0.05, 0) is 24.7 Å². The van der Waals surface area contributed by atoms with E-state index < -0.39 is 11.6 Å². The van der Waals surface area contributed by atoms with E-state index in [2.05, 4.69) is 5.32 Å². The Balaban J connectivity index is 2.14. The van der Waals surface area contributed by atoms with Gasteiger partial charge in [0, 0.05) is 28.3 Å². The summed E-state index contributed by atoms with van der Waals surface area (Å²) < 4.78 is 26.9. The molecule has 0 amide bonds. The zero-order valence-electron chi connectivity index (χ0n) is 11.6. The van der Waals surface area contributed by atoms with Crippen molar-refractivity contribution in [2.45, 2.75) is 17.9 Å². The number of rotatable bonds is 6. The van der Waals surface area contributed by atoms with Crippen LogP contribution in [0.25, 0.3) is 0 Å². The second kappa shape index (κ2) is 7.78. The summed E-state index contributed by atoms with van der Waals surface area (Å²) in [6.45, 7) is 2.65. The van der Waals surface area contributed by atoms with Crippen LogP contribution in [0, 0.1) is 11.6 Å². The number of halogens is 3. The molecule has 1 N–H and O–H groups in total. The van der Waals surface area contributed by atoms with Crippen molar-refractivity contribution >= 4 is 23.4 Å². The van der Waals surface area contributed by atoms with E-state index in [1.165, 1.54) is 12.1 Å². The average Bonchev–Trinajstić information content (AvgIpc) is 2.45. The molecule has 2 rings (SSSR count). The lowest BCUT2D eigenvalue weighted by Gasteiger charge is -2.19. The molecule has 2 aromatic carbocycles. The normalized spacial score (nSPS) is 12.4. The first kappa shape index (κ1) is 16.3. The van der Waals surface area contributed by atoms with E-state index in [-0.39, 0.29) is 6.04 Å². The molecule has 0 saturated carbocycles. The van der Waals surface area contributed by atoms with Gasteiger partial charge in [0.1, 0.15) is 11.6 Å². The standard InChI is InChI=1S/C16H16ClF2NS/c1-2-20-15(12-8-7-11(18)9-14(12)19)10-21-16-6-4-3-5-13(16)17/h3-9,15,20H,2,10H2,1H3. The fraction of sp³-hybridized carbons (Fsp3) is 0.250. The van der Waals surface area contributed by atoms with Crippen LogP contribution in [0.3, 0.4) is 0 Å². The lowest BCUT2D eigenvalue weighted by molar-refractivity contribution is 0.531. The number of nitrogens with one attached hydrogen (secondary N) is 1. The van der Waals surface area contributed by atoms with Crippen LogP contribution < -0.4 is 5.32 Å². The van der Waals surface area contributed by atoms with Crippen molar-refractivity contribution in [3.05, 3.63) is 64.7 Å². The van der Waals surface area contributed by atoms with Crippen LogP contribution in [0.15, 0.2) is 47.4 Å². The van der Waals surface area contributed by atoms with Crippen molar-refractivity contribution < 1.29 is 8.78 Å². The summed E-state index contributed by atoms with van der Waals surface area (Å²) in [5.41, 5.74) is 0.470. The Labute approximate surface area is 132 Å². The van der Waals surface area contributed by atoms with E-state index in [4.69, 9.17) is 11.6 Å². The molecule has 0 bridgehead atoms. The van der Waals surface area contributed by atoms with Crippen LogP contribution in [0.2, 0.25) is 5.02 Å². The van der Waals surface area contributed by atoms with E-state index in [0.29, 0.717) is 22.9 Å². The lowest BCUT2D eigenvalue weighted by Crippen LogP contribution is -2.24. The van der Waals surface area contributed by atoms with Gasteiger partial charge >= 0.3 is 0 Å². The maximum Gasteiger partial charge on any atom is 0.130 e. The molecule has 1 unspecified atom stereocenters. The van der Waals surface area contributed by atoms with Crippen LogP contribution in [0.5, 0.6) is 0 Å². The van der Waals surface area contributed by atoms with Crippen molar-refractivity contribution in [2.75, 3.05) is 12.3 Å². The average molecular weight is 328 g/mol. The molecule has 112 valence electrons. The molecule has 5 heteroatoms. The third kappa shape index (κ3) is 4.43. The maximum atomic E-state index is 13.9. The summed E-state index contributed by atoms with van der Waals surface area (Å²) in [4.78, 5) is 0.949. The zero-order chi connectivity index (χ0) is 15.2. The summed E-state index contributed by atoms with van der Waals surface area (Å²) in [7, 11) is 0. The topological polar surface area (TPSA) is 12.0 Å². The first-order valence-electron chi connectivity index (χ1n) is 6.67. The van der Waals surface area contributed by atoms with Gasteiger partial charge in [0.2, 0.25) is 0 Å². The molecular formula is C16H16ClF2NS. The van der Waals surface area contributed by atoms with E-state index in [1.54, 1.807) is 11.8 Å². The van der Waals surface area contributed by atoms with Crippen molar-refractivity contribution in [1.82, 2.24) is 5.32 Å². The minimum atomic E-state index is -0.565. The predicted octanol–water partition coefficient (Wildman–Crippen LogP) is 5.06. The Bertz CT molecular complexity index is 607. The van der Waals surface area contributed by atoms with Gasteiger partial charge < -0.3 is 5.32 Å². The van der Waals surface area contributed by atoms with Gasteiger partial charge in [-0.1, -0.05) is 36.7 Å². The quantitative estimate of drug-likeness (QED) is 0.744. The van der Waals surface area contributed by atoms with Gasteiger partial charge in [-0.3, -0.25) is 0 Å². The molecule has 1 atom stereocenters. The van der Waals surface area contributed by atoms with Gasteiger partial charge in [-0.2, -0.15) is 0 Å². The summed E-state index contributed by atoms with van der Waals surface area (Å²) in [5.74, 6) is -0.480. The zero-order valence-corrected chi connectivity index (χ0v) is 13.1. The molecule has 0 fully saturated rings. The summed E-state index contributed by atoms with van der Waals surface area (Å²) >= 11 is 7.67. The molecule has 21 heavy (non-hydrogen) atoms. The second-order valence-electron chi connectivity index (χ2n) is 4.52. The van der Waals surface area contributed by atoms with Crippen LogP contribution in [-0.2, 0) is 0 Å². The minimum Gasteiger partial charge on any atom is -0.309 e. The van der Waals surface area contributed by atoms with Crippen molar-refractivity contribution in [2.24, 2.45) is 0 Å². The van der Waals surface area contributed by atoms with Gasteiger partial charge in [-0.25, -0.2) is 8.78 Å². The first-order valence-corrected chi connectivity index (χ1v) is 8.03. The van der Waals surface area contributed by atoms with Crippen LogP contribution in [0.4, 0.5) is 8.78 Å². The van der Waals surface area contributed by atoms with E-state index in [9.17, 15) is 8.78 Å². The Hall–Kier alpha value is -1.10. The number of hydrogen-bond donors (Lipinski definition) is 1. The van der Waals surface area contributed by atoms with E-state index >= 15 is 0 Å². The highest BCUT2D eigenvalue weighted by Gasteiger charge is 2.16. The molecule has 1 nitrogen and oxygen atoms in total. The second-order valence-corrected chi connectivity index (χ2v) is 5.99. The Morgan fingerprint density at radius 2 is 1.95 bits per heavy atom. The first-order chi connectivity index (χ1) is 10.1. The number of benzene rings is 2. The summed E-state index contributed by atoms with van der Waals surface area (Å²) in [6, 6.07) is 11.0. The van der Waals surface area contributed by atoms with Gasteiger partial charge in [0.25, 0.3) is 0 Å². The smallest absolute Gasteiger partial charge is 0.130 e. The van der Waals surface area contributed by atoms with Crippen LogP contribution >= 0.6 is 23.4 Å². The van der Waals surface area contributed by atoms with E-state index in [0.717, 1.165) is 11.0 Å².